The predicted octanol–water partition coefficient (Wildman–Crippen LogP) is 1.74. The first-order valence-corrected chi connectivity index (χ1v) is 6.37. The van der Waals surface area contributed by atoms with Gasteiger partial charge in [0.1, 0.15) is 11.6 Å². The minimum atomic E-state index is -1.04. The third-order valence-corrected chi connectivity index (χ3v) is 3.51. The molecule has 2 aromatic rings. The summed E-state index contributed by atoms with van der Waals surface area (Å²) in [5.41, 5.74) is 0.518. The lowest BCUT2D eigenvalue weighted by Crippen LogP contribution is -2.33. The van der Waals surface area contributed by atoms with Crippen LogP contribution in [0.4, 0.5) is 4.39 Å². The third kappa shape index (κ3) is 2.42. The molecule has 1 aromatic carbocycles. The summed E-state index contributed by atoms with van der Waals surface area (Å²) in [5.74, 6) is -0.463. The highest BCUT2D eigenvalue weighted by Crippen LogP contribution is 2.17. The maximum Gasteiger partial charge on any atom is 0.335 e. The van der Waals surface area contributed by atoms with E-state index in [1.165, 1.54) is 18.2 Å². The number of hydrogen-bond acceptors (Lipinski definition) is 3. The number of halogens is 1. The van der Waals surface area contributed by atoms with Gasteiger partial charge in [0, 0.05) is 37.6 Å². The highest BCUT2D eigenvalue weighted by atomic mass is 19.1. The van der Waals surface area contributed by atoms with Gasteiger partial charge in [-0.05, 0) is 18.2 Å². The van der Waals surface area contributed by atoms with E-state index in [-0.39, 0.29) is 11.4 Å². The monoisotopic (exact) mass is 275 g/mol. The Morgan fingerprint density at radius 1 is 1.40 bits per heavy atom. The van der Waals surface area contributed by atoms with Crippen molar-refractivity contribution >= 4 is 5.97 Å². The van der Waals surface area contributed by atoms with E-state index in [9.17, 15) is 9.18 Å². The van der Waals surface area contributed by atoms with Crippen LogP contribution in [0.3, 0.4) is 0 Å². The summed E-state index contributed by atoms with van der Waals surface area (Å²) in [6.07, 6.45) is 3.68. The number of carboxylic acid groups (broad SMARTS) is 1. The Bertz CT molecular complexity index is 654. The van der Waals surface area contributed by atoms with Crippen LogP contribution in [-0.2, 0) is 19.6 Å². The molecule has 0 saturated heterocycles. The van der Waals surface area contributed by atoms with E-state index in [1.54, 1.807) is 6.20 Å². The molecule has 1 aliphatic rings. The minimum Gasteiger partial charge on any atom is -0.478 e. The molecule has 1 aromatic heterocycles. The lowest BCUT2D eigenvalue weighted by molar-refractivity contribution is 0.0696. The summed E-state index contributed by atoms with van der Waals surface area (Å²) in [5, 5.41) is 8.96. The Morgan fingerprint density at radius 2 is 2.25 bits per heavy atom. The molecule has 20 heavy (non-hydrogen) atoms. The summed E-state index contributed by atoms with van der Waals surface area (Å²) in [6.45, 7) is 2.64. The first-order chi connectivity index (χ1) is 9.63. The van der Waals surface area contributed by atoms with Crippen molar-refractivity contribution in [2.75, 3.05) is 6.54 Å². The number of nitrogens with zero attached hydrogens (tertiary/aromatic N) is 3. The van der Waals surface area contributed by atoms with Crippen LogP contribution in [0.15, 0.2) is 30.6 Å². The Hall–Kier alpha value is -2.21. The maximum atomic E-state index is 13.8. The van der Waals surface area contributed by atoms with Crippen molar-refractivity contribution in [1.29, 1.82) is 0 Å². The van der Waals surface area contributed by atoms with Gasteiger partial charge in [0.2, 0.25) is 0 Å². The van der Waals surface area contributed by atoms with Crippen LogP contribution in [0.5, 0.6) is 0 Å². The van der Waals surface area contributed by atoms with Gasteiger partial charge in [-0.3, -0.25) is 4.90 Å². The second kappa shape index (κ2) is 5.05. The van der Waals surface area contributed by atoms with E-state index in [0.29, 0.717) is 18.7 Å². The lowest BCUT2D eigenvalue weighted by atomic mass is 10.1. The normalized spacial score (nSPS) is 15.1. The van der Waals surface area contributed by atoms with Crippen LogP contribution in [0.1, 0.15) is 21.7 Å². The van der Waals surface area contributed by atoms with Gasteiger partial charge in [-0.2, -0.15) is 0 Å². The molecule has 0 aliphatic carbocycles. The van der Waals surface area contributed by atoms with Crippen molar-refractivity contribution in [1.82, 2.24) is 14.5 Å². The number of imidazole rings is 1. The van der Waals surface area contributed by atoms with Crippen molar-refractivity contribution in [2.24, 2.45) is 0 Å². The van der Waals surface area contributed by atoms with Gasteiger partial charge in [-0.1, -0.05) is 0 Å². The average molecular weight is 275 g/mol. The molecular weight excluding hydrogens is 261 g/mol. The Kier molecular flexibility index (Phi) is 3.23. The van der Waals surface area contributed by atoms with Crippen LogP contribution >= 0.6 is 0 Å². The number of hydrogen-bond donors (Lipinski definition) is 1. The molecule has 0 amide bonds. The number of aromatic nitrogens is 2. The SMILES string of the molecule is O=C(O)c1ccc(F)c(CN2CCn3ccnc3C2)c1. The van der Waals surface area contributed by atoms with E-state index in [0.717, 1.165) is 18.9 Å². The van der Waals surface area contributed by atoms with Crippen LogP contribution < -0.4 is 0 Å². The van der Waals surface area contributed by atoms with Crippen molar-refractivity contribution in [3.63, 3.8) is 0 Å². The van der Waals surface area contributed by atoms with Gasteiger partial charge < -0.3 is 9.67 Å². The highest BCUT2D eigenvalue weighted by Gasteiger charge is 2.18. The smallest absolute Gasteiger partial charge is 0.335 e. The fraction of sp³-hybridized carbons (Fsp3) is 0.286. The van der Waals surface area contributed by atoms with E-state index in [4.69, 9.17) is 5.11 Å². The van der Waals surface area contributed by atoms with E-state index >= 15 is 0 Å². The third-order valence-electron chi connectivity index (χ3n) is 3.51. The number of rotatable bonds is 3. The number of fused-ring (bicyclic) bond motifs is 1. The lowest BCUT2D eigenvalue weighted by Gasteiger charge is -2.27. The largest absolute Gasteiger partial charge is 0.478 e. The second-order valence-corrected chi connectivity index (χ2v) is 4.86. The molecule has 2 heterocycles. The predicted molar refractivity (Wildman–Crippen MR) is 69.7 cm³/mol. The highest BCUT2D eigenvalue weighted by molar-refractivity contribution is 5.87. The van der Waals surface area contributed by atoms with Crippen LogP contribution in [0.25, 0.3) is 0 Å². The number of aromatic carboxylic acids is 1. The summed E-state index contributed by atoms with van der Waals surface area (Å²) in [7, 11) is 0. The van der Waals surface area contributed by atoms with Gasteiger partial charge in [0.05, 0.1) is 12.1 Å². The van der Waals surface area contributed by atoms with Crippen molar-refractivity contribution in [2.45, 2.75) is 19.6 Å². The molecule has 3 rings (SSSR count). The average Bonchev–Trinajstić information content (AvgIpc) is 2.88. The van der Waals surface area contributed by atoms with Gasteiger partial charge >= 0.3 is 5.97 Å². The molecule has 0 saturated carbocycles. The van der Waals surface area contributed by atoms with Gasteiger partial charge in [-0.25, -0.2) is 14.2 Å². The molecule has 1 aliphatic heterocycles. The van der Waals surface area contributed by atoms with E-state index < -0.39 is 5.97 Å². The van der Waals surface area contributed by atoms with E-state index in [2.05, 4.69) is 14.5 Å². The fourth-order valence-corrected chi connectivity index (χ4v) is 2.43. The molecule has 5 nitrogen and oxygen atoms in total. The zero-order valence-corrected chi connectivity index (χ0v) is 10.8. The van der Waals surface area contributed by atoms with Crippen LogP contribution in [0, 0.1) is 5.82 Å². The van der Waals surface area contributed by atoms with Crippen molar-refractivity contribution in [3.8, 4) is 0 Å². The quantitative estimate of drug-likeness (QED) is 0.927. The Balaban J connectivity index is 1.78. The maximum absolute atomic E-state index is 13.8. The molecule has 0 bridgehead atoms. The first kappa shape index (κ1) is 12.8. The molecule has 6 heteroatoms. The number of benzene rings is 1. The summed E-state index contributed by atoms with van der Waals surface area (Å²) in [4.78, 5) is 17.2. The molecular formula is C14H14FN3O2. The van der Waals surface area contributed by atoms with Gasteiger partial charge in [0.15, 0.2) is 0 Å². The Morgan fingerprint density at radius 3 is 3.05 bits per heavy atom. The molecule has 104 valence electrons. The van der Waals surface area contributed by atoms with Gasteiger partial charge in [-0.15, -0.1) is 0 Å². The summed E-state index contributed by atoms with van der Waals surface area (Å²) in [6, 6.07) is 3.90. The van der Waals surface area contributed by atoms with E-state index in [1.807, 2.05) is 6.20 Å². The van der Waals surface area contributed by atoms with Gasteiger partial charge in [0.25, 0.3) is 0 Å². The minimum absolute atomic E-state index is 0.111. The first-order valence-electron chi connectivity index (χ1n) is 6.37. The summed E-state index contributed by atoms with van der Waals surface area (Å²) >= 11 is 0. The van der Waals surface area contributed by atoms with Crippen molar-refractivity contribution in [3.05, 3.63) is 53.4 Å². The number of carboxylic acids is 1. The standard InChI is InChI=1S/C14H14FN3O2/c15-12-2-1-10(14(19)20)7-11(12)8-17-5-6-18-4-3-16-13(18)9-17/h1-4,7H,5-6,8-9H2,(H,19,20). The Labute approximate surface area is 115 Å². The molecule has 0 fully saturated rings. The molecule has 0 unspecified atom stereocenters. The van der Waals surface area contributed by atoms with Crippen LogP contribution in [-0.4, -0.2) is 32.1 Å². The molecule has 0 spiro atoms. The zero-order chi connectivity index (χ0) is 14.1. The molecule has 1 N–H and O–H groups in total. The fourth-order valence-electron chi connectivity index (χ4n) is 2.43. The topological polar surface area (TPSA) is 58.4 Å². The summed E-state index contributed by atoms with van der Waals surface area (Å²) < 4.78 is 15.9. The van der Waals surface area contributed by atoms with Crippen molar-refractivity contribution < 1.29 is 14.3 Å². The van der Waals surface area contributed by atoms with Crippen LogP contribution in [0.2, 0.25) is 0 Å². The zero-order valence-electron chi connectivity index (χ0n) is 10.8. The second-order valence-electron chi connectivity index (χ2n) is 4.86. The number of carbonyl (C=O) groups is 1. The molecule has 0 radical (unpaired) electrons. The molecule has 0 atom stereocenters.